The van der Waals surface area contributed by atoms with Crippen LogP contribution >= 0.6 is 0 Å². The summed E-state index contributed by atoms with van der Waals surface area (Å²) >= 11 is 0. The summed E-state index contributed by atoms with van der Waals surface area (Å²) in [4.78, 5) is 0. The Morgan fingerprint density at radius 2 is 1.07 bits per heavy atom. The van der Waals surface area contributed by atoms with Crippen LogP contribution in [0.2, 0.25) is 0 Å². The highest BCUT2D eigenvalue weighted by atomic mass is 19.3. The van der Waals surface area contributed by atoms with Crippen LogP contribution in [0.1, 0.15) is 37.3 Å². The summed E-state index contributed by atoms with van der Waals surface area (Å²) in [6, 6.07) is 21.1. The van der Waals surface area contributed by atoms with Crippen LogP contribution in [-0.4, -0.2) is 0 Å². The molecule has 0 N–H and O–H groups in total. The second-order valence-corrected chi connectivity index (χ2v) is 10.4. The first kappa shape index (κ1) is 30.9. The Kier molecular flexibility index (Phi) is 9.09. The molecule has 0 aliphatic rings. The quantitative estimate of drug-likeness (QED) is 0.0871. The molecule has 44 heavy (non-hydrogen) atoms. The first-order valence-corrected chi connectivity index (χ1v) is 14.1. The molecular formula is C36H27F7O. The Bertz CT molecular complexity index is 1740. The minimum atomic E-state index is -3.55. The Morgan fingerprint density at radius 3 is 1.66 bits per heavy atom. The van der Waals surface area contributed by atoms with E-state index in [1.807, 2.05) is 0 Å². The maximum atomic E-state index is 15.1. The van der Waals surface area contributed by atoms with E-state index in [-0.39, 0.29) is 33.6 Å². The molecule has 0 spiro atoms. The zero-order valence-corrected chi connectivity index (χ0v) is 23.6. The van der Waals surface area contributed by atoms with Crippen molar-refractivity contribution in [1.82, 2.24) is 0 Å². The van der Waals surface area contributed by atoms with Crippen LogP contribution in [0.25, 0.3) is 33.4 Å². The number of rotatable bonds is 10. The number of ether oxygens (including phenoxy) is 1. The summed E-state index contributed by atoms with van der Waals surface area (Å²) < 4.78 is 105. The van der Waals surface area contributed by atoms with Crippen molar-refractivity contribution in [2.75, 3.05) is 0 Å². The van der Waals surface area contributed by atoms with E-state index in [4.69, 9.17) is 4.74 Å². The lowest BCUT2D eigenvalue weighted by Gasteiger charge is -2.19. The second-order valence-electron chi connectivity index (χ2n) is 10.4. The molecule has 0 aliphatic carbocycles. The third-order valence-corrected chi connectivity index (χ3v) is 7.34. The number of unbranched alkanes of at least 4 members (excludes halogenated alkanes) is 2. The third-order valence-electron chi connectivity index (χ3n) is 7.34. The largest absolute Gasteiger partial charge is 0.429 e. The zero-order chi connectivity index (χ0) is 31.4. The van der Waals surface area contributed by atoms with Crippen molar-refractivity contribution in [3.63, 3.8) is 0 Å². The van der Waals surface area contributed by atoms with Gasteiger partial charge in [-0.1, -0.05) is 68.3 Å². The molecule has 5 rings (SSSR count). The van der Waals surface area contributed by atoms with E-state index in [0.29, 0.717) is 23.3 Å². The lowest BCUT2D eigenvalue weighted by Crippen LogP contribution is -2.21. The van der Waals surface area contributed by atoms with Gasteiger partial charge in [0.25, 0.3) is 0 Å². The summed E-state index contributed by atoms with van der Waals surface area (Å²) in [5.74, 6) is -6.21. The molecule has 8 heteroatoms. The van der Waals surface area contributed by atoms with Crippen LogP contribution < -0.4 is 4.74 Å². The zero-order valence-electron chi connectivity index (χ0n) is 23.6. The van der Waals surface area contributed by atoms with Gasteiger partial charge < -0.3 is 4.74 Å². The van der Waals surface area contributed by atoms with Crippen molar-refractivity contribution in [3.05, 3.63) is 137 Å². The molecule has 0 amide bonds. The predicted molar refractivity (Wildman–Crippen MR) is 157 cm³/mol. The molecule has 226 valence electrons. The fourth-order valence-electron chi connectivity index (χ4n) is 4.92. The average molecular weight is 609 g/mol. The molecule has 0 bridgehead atoms. The molecule has 1 nitrogen and oxygen atoms in total. The van der Waals surface area contributed by atoms with E-state index in [1.165, 1.54) is 60.7 Å². The first-order chi connectivity index (χ1) is 21.1. The van der Waals surface area contributed by atoms with Gasteiger partial charge in [0.05, 0.1) is 5.56 Å². The molecule has 5 aromatic carbocycles. The smallest absolute Gasteiger partial charge is 0.426 e. The number of hydrogen-bond acceptors (Lipinski definition) is 1. The number of halogens is 7. The van der Waals surface area contributed by atoms with Gasteiger partial charge in [-0.05, 0) is 89.2 Å². The highest BCUT2D eigenvalue weighted by molar-refractivity contribution is 5.74. The Labute approximate surface area is 250 Å². The molecule has 0 radical (unpaired) electrons. The number of hydrogen-bond donors (Lipinski definition) is 0. The molecule has 0 aliphatic heterocycles. The normalized spacial score (nSPS) is 11.5. The van der Waals surface area contributed by atoms with Gasteiger partial charge in [-0.25, -0.2) is 22.0 Å². The second kappa shape index (κ2) is 13.0. The average Bonchev–Trinajstić information content (AvgIpc) is 3.00. The fourth-order valence-corrected chi connectivity index (χ4v) is 4.92. The van der Waals surface area contributed by atoms with Gasteiger partial charge in [0.15, 0.2) is 17.5 Å². The number of aryl methyl sites for hydroxylation is 1. The van der Waals surface area contributed by atoms with Crippen molar-refractivity contribution in [1.29, 1.82) is 0 Å². The number of benzene rings is 5. The summed E-state index contributed by atoms with van der Waals surface area (Å²) in [5, 5.41) is 0. The van der Waals surface area contributed by atoms with Crippen molar-refractivity contribution >= 4 is 0 Å². The monoisotopic (exact) mass is 608 g/mol. The minimum absolute atomic E-state index is 0.0617. The topological polar surface area (TPSA) is 9.23 Å². The highest BCUT2D eigenvalue weighted by Gasteiger charge is 2.34. The van der Waals surface area contributed by atoms with Gasteiger partial charge in [0.1, 0.15) is 17.4 Å². The SMILES string of the molecule is CCCCCc1ccc(C(F)(F)Oc2ccc(-c3ccc(-c4ccc(-c5cc(F)c(F)c(F)c5)c(F)c4)c(F)c3)cc2)cc1. The summed E-state index contributed by atoms with van der Waals surface area (Å²) in [6.45, 7) is 2.10. The molecule has 0 atom stereocenters. The molecule has 0 heterocycles. The van der Waals surface area contributed by atoms with Crippen molar-refractivity contribution in [2.24, 2.45) is 0 Å². The van der Waals surface area contributed by atoms with Gasteiger partial charge in [0.2, 0.25) is 0 Å². The van der Waals surface area contributed by atoms with Crippen LogP contribution in [0, 0.1) is 29.1 Å². The summed E-state index contributed by atoms with van der Waals surface area (Å²) in [5.41, 5.74) is 1.53. The maximum absolute atomic E-state index is 15.1. The molecule has 0 aromatic heterocycles. The predicted octanol–water partition coefficient (Wildman–Crippen LogP) is 11.2. The molecule has 0 unspecified atom stereocenters. The van der Waals surface area contributed by atoms with E-state index < -0.39 is 35.2 Å². The standard InChI is InChI=1S/C36H27F7O/c1-2-3-4-5-22-6-12-27(13-7-22)36(42,43)44-28-14-8-23(9-15-28)24-10-16-29(31(37)18-24)25-11-17-30(32(38)19-25)26-20-33(39)35(41)34(40)21-26/h6-21H,2-5H2,1H3. The van der Waals surface area contributed by atoms with E-state index in [0.717, 1.165) is 37.3 Å². The minimum Gasteiger partial charge on any atom is -0.429 e. The Balaban J connectivity index is 1.29. The molecule has 0 fully saturated rings. The van der Waals surface area contributed by atoms with E-state index in [9.17, 15) is 26.3 Å². The van der Waals surface area contributed by atoms with Crippen LogP contribution in [0.5, 0.6) is 5.75 Å². The van der Waals surface area contributed by atoms with Crippen LogP contribution in [-0.2, 0) is 12.5 Å². The highest BCUT2D eigenvalue weighted by Crippen LogP contribution is 2.35. The first-order valence-electron chi connectivity index (χ1n) is 14.1. The number of alkyl halides is 2. The van der Waals surface area contributed by atoms with E-state index in [1.54, 1.807) is 18.2 Å². The summed E-state index contributed by atoms with van der Waals surface area (Å²) in [7, 11) is 0. The van der Waals surface area contributed by atoms with Gasteiger partial charge in [-0.3, -0.25) is 0 Å². The lowest BCUT2D eigenvalue weighted by molar-refractivity contribution is -0.185. The third kappa shape index (κ3) is 6.80. The van der Waals surface area contributed by atoms with Gasteiger partial charge in [0, 0.05) is 11.1 Å². The summed E-state index contributed by atoms with van der Waals surface area (Å²) in [6.07, 6.45) is 0.430. The van der Waals surface area contributed by atoms with Gasteiger partial charge in [-0.2, -0.15) is 8.78 Å². The van der Waals surface area contributed by atoms with Gasteiger partial charge in [-0.15, -0.1) is 0 Å². The van der Waals surface area contributed by atoms with Crippen LogP contribution in [0.3, 0.4) is 0 Å². The lowest BCUT2D eigenvalue weighted by atomic mass is 9.97. The van der Waals surface area contributed by atoms with Crippen LogP contribution in [0.15, 0.2) is 97.1 Å². The molecular weight excluding hydrogens is 581 g/mol. The van der Waals surface area contributed by atoms with Gasteiger partial charge >= 0.3 is 6.11 Å². The Morgan fingerprint density at radius 1 is 0.545 bits per heavy atom. The molecule has 5 aromatic rings. The van der Waals surface area contributed by atoms with E-state index >= 15 is 4.39 Å². The molecule has 0 saturated heterocycles. The van der Waals surface area contributed by atoms with Crippen molar-refractivity contribution in [3.8, 4) is 39.1 Å². The maximum Gasteiger partial charge on any atom is 0.426 e. The Hall–Kier alpha value is -4.59. The van der Waals surface area contributed by atoms with E-state index in [2.05, 4.69) is 6.92 Å². The van der Waals surface area contributed by atoms with Crippen molar-refractivity contribution in [2.45, 2.75) is 38.7 Å². The van der Waals surface area contributed by atoms with Crippen molar-refractivity contribution < 1.29 is 35.5 Å². The molecule has 0 saturated carbocycles. The fraction of sp³-hybridized carbons (Fsp3) is 0.167. The van der Waals surface area contributed by atoms with Crippen LogP contribution in [0.4, 0.5) is 30.7 Å².